The highest BCUT2D eigenvalue weighted by atomic mass is 16.5. The Bertz CT molecular complexity index is 573. The second-order valence-electron chi connectivity index (χ2n) is 5.15. The SMILES string of the molecule is CCCCOc1ccc(C(=O)Cc2ccc(C)cn2)cc1. The summed E-state index contributed by atoms with van der Waals surface area (Å²) in [6, 6.07) is 11.2. The topological polar surface area (TPSA) is 39.2 Å². The number of ether oxygens (including phenoxy) is 1. The fraction of sp³-hybridized carbons (Fsp3) is 0.333. The van der Waals surface area contributed by atoms with E-state index in [1.165, 1.54) is 0 Å². The standard InChI is InChI=1S/C18H21NO2/c1-3-4-11-21-17-9-6-15(7-10-17)18(20)12-16-8-5-14(2)13-19-16/h5-10,13H,3-4,11-12H2,1-2H3. The van der Waals surface area contributed by atoms with Gasteiger partial charge in [-0.2, -0.15) is 0 Å². The van der Waals surface area contributed by atoms with Gasteiger partial charge in [0.2, 0.25) is 0 Å². The summed E-state index contributed by atoms with van der Waals surface area (Å²) in [5, 5.41) is 0. The first-order valence-electron chi connectivity index (χ1n) is 7.36. The average molecular weight is 283 g/mol. The van der Waals surface area contributed by atoms with Crippen LogP contribution in [0.1, 0.15) is 41.4 Å². The van der Waals surface area contributed by atoms with Gasteiger partial charge < -0.3 is 4.74 Å². The first-order chi connectivity index (χ1) is 10.2. The maximum absolute atomic E-state index is 12.2. The number of aromatic nitrogens is 1. The molecule has 2 rings (SSSR count). The molecule has 110 valence electrons. The summed E-state index contributed by atoms with van der Waals surface area (Å²) in [7, 11) is 0. The van der Waals surface area contributed by atoms with Crippen LogP contribution in [0.5, 0.6) is 5.75 Å². The number of carbonyl (C=O) groups excluding carboxylic acids is 1. The summed E-state index contributed by atoms with van der Waals surface area (Å²) in [5.41, 5.74) is 2.59. The lowest BCUT2D eigenvalue weighted by atomic mass is 10.1. The van der Waals surface area contributed by atoms with Gasteiger partial charge in [0.15, 0.2) is 5.78 Å². The van der Waals surface area contributed by atoms with E-state index in [9.17, 15) is 4.79 Å². The lowest BCUT2D eigenvalue weighted by Gasteiger charge is -2.06. The molecule has 2 aromatic rings. The third-order valence-corrected chi connectivity index (χ3v) is 3.26. The van der Waals surface area contributed by atoms with Crippen molar-refractivity contribution in [2.45, 2.75) is 33.1 Å². The Morgan fingerprint density at radius 3 is 2.52 bits per heavy atom. The fourth-order valence-corrected chi connectivity index (χ4v) is 1.94. The normalized spacial score (nSPS) is 10.4. The molecule has 0 atom stereocenters. The molecule has 0 fully saturated rings. The molecule has 0 unspecified atom stereocenters. The molecule has 1 heterocycles. The molecule has 0 bridgehead atoms. The Morgan fingerprint density at radius 1 is 1.14 bits per heavy atom. The molecule has 21 heavy (non-hydrogen) atoms. The Hall–Kier alpha value is -2.16. The summed E-state index contributed by atoms with van der Waals surface area (Å²) >= 11 is 0. The van der Waals surface area contributed by atoms with Crippen LogP contribution in [-0.2, 0) is 6.42 Å². The summed E-state index contributed by atoms with van der Waals surface area (Å²) < 4.78 is 5.59. The van der Waals surface area contributed by atoms with Crippen molar-refractivity contribution in [2.24, 2.45) is 0 Å². The molecule has 0 spiro atoms. The van der Waals surface area contributed by atoms with E-state index in [0.717, 1.165) is 36.5 Å². The second kappa shape index (κ2) is 7.58. The summed E-state index contributed by atoms with van der Waals surface area (Å²) in [5.74, 6) is 0.889. The summed E-state index contributed by atoms with van der Waals surface area (Å²) in [6.45, 7) is 4.83. The number of carbonyl (C=O) groups is 1. The lowest BCUT2D eigenvalue weighted by Crippen LogP contribution is -2.05. The number of hydrogen-bond donors (Lipinski definition) is 0. The van der Waals surface area contributed by atoms with Crippen LogP contribution in [0.3, 0.4) is 0 Å². The number of unbranched alkanes of at least 4 members (excludes halogenated alkanes) is 1. The zero-order valence-electron chi connectivity index (χ0n) is 12.6. The molecule has 3 heteroatoms. The van der Waals surface area contributed by atoms with Gasteiger partial charge in [-0.1, -0.05) is 19.4 Å². The van der Waals surface area contributed by atoms with Crippen LogP contribution in [0.25, 0.3) is 0 Å². The van der Waals surface area contributed by atoms with Crippen molar-refractivity contribution in [1.29, 1.82) is 0 Å². The van der Waals surface area contributed by atoms with Crippen molar-refractivity contribution >= 4 is 5.78 Å². The predicted molar refractivity (Wildman–Crippen MR) is 83.9 cm³/mol. The first kappa shape index (κ1) is 15.2. The Morgan fingerprint density at radius 2 is 1.90 bits per heavy atom. The summed E-state index contributed by atoms with van der Waals surface area (Å²) in [4.78, 5) is 16.5. The minimum absolute atomic E-state index is 0.0754. The van der Waals surface area contributed by atoms with Crippen LogP contribution in [0.2, 0.25) is 0 Å². The maximum atomic E-state index is 12.2. The highest BCUT2D eigenvalue weighted by Crippen LogP contribution is 2.14. The van der Waals surface area contributed by atoms with Gasteiger partial charge in [-0.15, -0.1) is 0 Å². The van der Waals surface area contributed by atoms with Crippen molar-refractivity contribution in [3.05, 3.63) is 59.4 Å². The molecule has 1 aromatic carbocycles. The molecule has 0 N–H and O–H groups in total. The van der Waals surface area contributed by atoms with Gasteiger partial charge in [-0.25, -0.2) is 0 Å². The van der Waals surface area contributed by atoms with E-state index in [0.29, 0.717) is 12.0 Å². The number of ketones is 1. The van der Waals surface area contributed by atoms with Crippen molar-refractivity contribution < 1.29 is 9.53 Å². The van der Waals surface area contributed by atoms with Gasteiger partial charge in [0.25, 0.3) is 0 Å². The van der Waals surface area contributed by atoms with Crippen molar-refractivity contribution in [1.82, 2.24) is 4.98 Å². The van der Waals surface area contributed by atoms with Crippen LogP contribution in [0.15, 0.2) is 42.6 Å². The minimum atomic E-state index is 0.0754. The molecule has 0 aliphatic rings. The Balaban J connectivity index is 1.94. The van der Waals surface area contributed by atoms with Gasteiger partial charge in [0.1, 0.15) is 5.75 Å². The zero-order chi connectivity index (χ0) is 15.1. The first-order valence-corrected chi connectivity index (χ1v) is 7.36. The smallest absolute Gasteiger partial charge is 0.168 e. The number of hydrogen-bond acceptors (Lipinski definition) is 3. The van der Waals surface area contributed by atoms with E-state index >= 15 is 0 Å². The molecule has 0 amide bonds. The molecule has 1 aromatic heterocycles. The van der Waals surface area contributed by atoms with Crippen LogP contribution >= 0.6 is 0 Å². The molecule has 0 saturated carbocycles. The van der Waals surface area contributed by atoms with Gasteiger partial charge in [0, 0.05) is 17.5 Å². The van der Waals surface area contributed by atoms with Gasteiger partial charge in [-0.05, 0) is 49.2 Å². The maximum Gasteiger partial charge on any atom is 0.168 e. The largest absolute Gasteiger partial charge is 0.494 e. The Labute approximate surface area is 126 Å². The van der Waals surface area contributed by atoms with Crippen molar-refractivity contribution in [3.8, 4) is 5.75 Å². The number of pyridine rings is 1. The molecule has 3 nitrogen and oxygen atoms in total. The van der Waals surface area contributed by atoms with E-state index in [-0.39, 0.29) is 5.78 Å². The van der Waals surface area contributed by atoms with Crippen molar-refractivity contribution in [3.63, 3.8) is 0 Å². The van der Waals surface area contributed by atoms with E-state index in [1.807, 2.05) is 43.3 Å². The van der Waals surface area contributed by atoms with Gasteiger partial charge >= 0.3 is 0 Å². The summed E-state index contributed by atoms with van der Waals surface area (Å²) in [6.07, 6.45) is 4.27. The molecular weight excluding hydrogens is 262 g/mol. The van der Waals surface area contributed by atoms with E-state index in [1.54, 1.807) is 6.20 Å². The van der Waals surface area contributed by atoms with Crippen molar-refractivity contribution in [2.75, 3.05) is 6.61 Å². The van der Waals surface area contributed by atoms with E-state index in [2.05, 4.69) is 11.9 Å². The van der Waals surface area contributed by atoms with Gasteiger partial charge in [0.05, 0.1) is 13.0 Å². The number of nitrogens with zero attached hydrogens (tertiary/aromatic N) is 1. The molecule has 0 aliphatic heterocycles. The number of Topliss-reactive ketones (excluding diaryl/α,β-unsaturated/α-hetero) is 1. The Kier molecular flexibility index (Phi) is 5.50. The van der Waals surface area contributed by atoms with Crippen LogP contribution < -0.4 is 4.74 Å². The molecule has 0 saturated heterocycles. The predicted octanol–water partition coefficient (Wildman–Crippen LogP) is 3.99. The number of rotatable bonds is 7. The fourth-order valence-electron chi connectivity index (χ4n) is 1.94. The third kappa shape index (κ3) is 4.71. The van der Waals surface area contributed by atoms with Crippen LogP contribution in [-0.4, -0.2) is 17.4 Å². The third-order valence-electron chi connectivity index (χ3n) is 3.26. The average Bonchev–Trinajstić information content (AvgIpc) is 2.50. The highest BCUT2D eigenvalue weighted by molar-refractivity contribution is 5.97. The monoisotopic (exact) mass is 283 g/mol. The molecule has 0 radical (unpaired) electrons. The number of aryl methyl sites for hydroxylation is 1. The van der Waals surface area contributed by atoms with E-state index in [4.69, 9.17) is 4.74 Å². The molecular formula is C18H21NO2. The molecule has 0 aliphatic carbocycles. The van der Waals surface area contributed by atoms with E-state index < -0.39 is 0 Å². The zero-order valence-corrected chi connectivity index (χ0v) is 12.6. The minimum Gasteiger partial charge on any atom is -0.494 e. The lowest BCUT2D eigenvalue weighted by molar-refractivity contribution is 0.0992. The number of benzene rings is 1. The van der Waals surface area contributed by atoms with Gasteiger partial charge in [-0.3, -0.25) is 9.78 Å². The van der Waals surface area contributed by atoms with Crippen LogP contribution in [0, 0.1) is 6.92 Å². The second-order valence-corrected chi connectivity index (χ2v) is 5.15. The quantitative estimate of drug-likeness (QED) is 0.569. The van der Waals surface area contributed by atoms with Crippen LogP contribution in [0.4, 0.5) is 0 Å². The highest BCUT2D eigenvalue weighted by Gasteiger charge is 2.08.